The minimum atomic E-state index is -2.28. The van der Waals surface area contributed by atoms with Crippen LogP contribution in [0.15, 0.2) is 0 Å². The molecular formula is C20H32N2O11. The number of carbonyl (C=O) groups is 5. The molecule has 1 aliphatic heterocycles. The van der Waals surface area contributed by atoms with Crippen LogP contribution >= 0.6 is 0 Å². The number of imide groups is 2. The first-order valence-corrected chi connectivity index (χ1v) is 10.6. The van der Waals surface area contributed by atoms with Crippen LogP contribution in [0, 0.1) is 5.41 Å². The number of hydrogen-bond acceptors (Lipinski definition) is 11. The van der Waals surface area contributed by atoms with Gasteiger partial charge in [-0.3, -0.25) is 19.4 Å². The Hall–Kier alpha value is -2.61. The fourth-order valence-electron chi connectivity index (χ4n) is 3.35. The predicted octanol–water partition coefficient (Wildman–Crippen LogP) is -1.85. The van der Waals surface area contributed by atoms with Crippen molar-refractivity contribution in [2.75, 3.05) is 26.8 Å². The summed E-state index contributed by atoms with van der Waals surface area (Å²) in [7, 11) is 0.931. The number of aliphatic hydroxyl groups excluding tert-OH is 4. The van der Waals surface area contributed by atoms with E-state index in [1.165, 1.54) is 0 Å². The molecule has 0 aliphatic carbocycles. The van der Waals surface area contributed by atoms with E-state index < -0.39 is 72.8 Å². The van der Waals surface area contributed by atoms with Gasteiger partial charge in [-0.1, -0.05) is 20.8 Å². The molecule has 13 nitrogen and oxygen atoms in total. The fraction of sp³-hybridized carbons (Fsp3) is 0.750. The van der Waals surface area contributed by atoms with Crippen molar-refractivity contribution in [3.05, 3.63) is 0 Å². The van der Waals surface area contributed by atoms with Crippen LogP contribution in [0.5, 0.6) is 0 Å². The summed E-state index contributed by atoms with van der Waals surface area (Å²) >= 11 is 0. The highest BCUT2D eigenvalue weighted by molar-refractivity contribution is 6.19. The molecular weight excluding hydrogens is 444 g/mol. The Morgan fingerprint density at radius 1 is 0.848 bits per heavy atom. The van der Waals surface area contributed by atoms with Gasteiger partial charge in [0, 0.05) is 0 Å². The summed E-state index contributed by atoms with van der Waals surface area (Å²) in [5.41, 5.74) is -1.56. The molecule has 188 valence electrons. The first-order valence-electron chi connectivity index (χ1n) is 10.6. The van der Waals surface area contributed by atoms with Gasteiger partial charge in [-0.15, -0.1) is 0 Å². The van der Waals surface area contributed by atoms with Crippen molar-refractivity contribution in [1.29, 1.82) is 0 Å². The Morgan fingerprint density at radius 3 is 1.73 bits per heavy atom. The quantitative estimate of drug-likeness (QED) is 0.183. The smallest absolute Gasteiger partial charge is 0.338 e. The van der Waals surface area contributed by atoms with Crippen molar-refractivity contribution in [3.63, 3.8) is 0 Å². The molecule has 1 rings (SSSR count). The lowest BCUT2D eigenvalue weighted by Gasteiger charge is -2.44. The summed E-state index contributed by atoms with van der Waals surface area (Å²) in [6.07, 6.45) is -6.69. The highest BCUT2D eigenvalue weighted by Gasteiger charge is 2.55. The van der Waals surface area contributed by atoms with Gasteiger partial charge in [0.1, 0.15) is 18.1 Å². The van der Waals surface area contributed by atoms with Crippen molar-refractivity contribution < 1.29 is 53.9 Å². The van der Waals surface area contributed by atoms with Crippen LogP contribution < -0.4 is 0 Å². The SMILES string of the molecule is CCC(O)CN1C(=O)N(CC(O)COC(=O)C(O)C(O)C(=O)OC)C(=O)C(CC)(CC)C1=O. The maximum atomic E-state index is 13.1. The van der Waals surface area contributed by atoms with Crippen molar-refractivity contribution >= 4 is 29.8 Å². The molecule has 4 unspecified atom stereocenters. The number of β-amino-alcohol motifs (C(OH)–C–C–N with tert-alkyl or cyclic N) is 2. The maximum Gasteiger partial charge on any atom is 0.338 e. The lowest BCUT2D eigenvalue weighted by Crippen LogP contribution is -2.66. The number of carbonyl (C=O) groups excluding carboxylic acids is 5. The molecule has 4 N–H and O–H groups in total. The summed E-state index contributed by atoms with van der Waals surface area (Å²) in [6, 6.07) is -1.03. The van der Waals surface area contributed by atoms with Crippen molar-refractivity contribution in [2.24, 2.45) is 5.41 Å². The van der Waals surface area contributed by atoms with E-state index in [1.54, 1.807) is 20.8 Å². The summed E-state index contributed by atoms with van der Waals surface area (Å²) in [4.78, 5) is 63.3. The Bertz CT molecular complexity index is 752. The summed E-state index contributed by atoms with van der Waals surface area (Å²) in [6.45, 7) is 3.10. The van der Waals surface area contributed by atoms with E-state index in [9.17, 15) is 44.4 Å². The Kier molecular flexibility index (Phi) is 10.4. The fourth-order valence-corrected chi connectivity index (χ4v) is 3.35. The highest BCUT2D eigenvalue weighted by atomic mass is 16.6. The normalized spacial score (nSPS) is 19.7. The largest absolute Gasteiger partial charge is 0.467 e. The number of methoxy groups -OCH3 is 1. The van der Waals surface area contributed by atoms with Gasteiger partial charge in [-0.25, -0.2) is 14.4 Å². The molecule has 0 aromatic carbocycles. The highest BCUT2D eigenvalue weighted by Crippen LogP contribution is 2.36. The van der Waals surface area contributed by atoms with Crippen LogP contribution in [-0.4, -0.2) is 111 Å². The number of aliphatic hydroxyl groups is 4. The number of barbiturate groups is 1. The van der Waals surface area contributed by atoms with Crippen LogP contribution in [0.4, 0.5) is 4.79 Å². The maximum absolute atomic E-state index is 13.1. The second-order valence-corrected chi connectivity index (χ2v) is 7.66. The molecule has 1 heterocycles. The van der Waals surface area contributed by atoms with Crippen LogP contribution in [0.2, 0.25) is 0 Å². The standard InChI is InChI=1S/C20H32N2O11/c1-5-11(23)8-21-17(29)20(6-2,7-3)18(30)22(19(21)31)9-12(24)10-33-16(28)14(26)13(25)15(27)32-4/h11-14,23-26H,5-10H2,1-4H3. The van der Waals surface area contributed by atoms with Crippen molar-refractivity contribution in [3.8, 4) is 0 Å². The number of rotatable bonds is 12. The van der Waals surface area contributed by atoms with E-state index in [1.807, 2.05) is 0 Å². The van der Waals surface area contributed by atoms with E-state index in [2.05, 4.69) is 9.47 Å². The van der Waals surface area contributed by atoms with E-state index in [4.69, 9.17) is 0 Å². The average Bonchev–Trinajstić information content (AvgIpc) is 2.82. The second kappa shape index (κ2) is 12.0. The monoisotopic (exact) mass is 476 g/mol. The summed E-state index contributed by atoms with van der Waals surface area (Å²) in [5, 5.41) is 39.3. The third-order valence-electron chi connectivity index (χ3n) is 5.64. The third-order valence-corrected chi connectivity index (χ3v) is 5.64. The summed E-state index contributed by atoms with van der Waals surface area (Å²) < 4.78 is 8.84. The topological polar surface area (TPSA) is 191 Å². The molecule has 0 radical (unpaired) electrons. The predicted molar refractivity (Wildman–Crippen MR) is 109 cm³/mol. The molecule has 0 bridgehead atoms. The number of esters is 2. The van der Waals surface area contributed by atoms with Crippen molar-refractivity contribution in [2.45, 2.75) is 64.4 Å². The van der Waals surface area contributed by atoms with Gasteiger partial charge in [0.15, 0.2) is 12.2 Å². The Balaban J connectivity index is 2.97. The molecule has 13 heteroatoms. The van der Waals surface area contributed by atoms with E-state index in [0.717, 1.165) is 12.0 Å². The third kappa shape index (κ3) is 6.05. The van der Waals surface area contributed by atoms with Gasteiger partial charge in [0.05, 0.1) is 26.3 Å². The van der Waals surface area contributed by atoms with Gasteiger partial charge in [-0.2, -0.15) is 0 Å². The molecule has 1 aliphatic rings. The number of ether oxygens (including phenoxy) is 2. The molecule has 0 aromatic heterocycles. The van der Waals surface area contributed by atoms with Crippen LogP contribution in [0.3, 0.4) is 0 Å². The van der Waals surface area contributed by atoms with Crippen LogP contribution in [-0.2, 0) is 28.7 Å². The molecule has 0 aromatic rings. The van der Waals surface area contributed by atoms with Gasteiger partial charge in [-0.05, 0) is 19.3 Å². The van der Waals surface area contributed by atoms with E-state index in [0.29, 0.717) is 4.90 Å². The minimum Gasteiger partial charge on any atom is -0.467 e. The molecule has 33 heavy (non-hydrogen) atoms. The number of amides is 4. The molecule has 1 fully saturated rings. The zero-order valence-corrected chi connectivity index (χ0v) is 19.1. The molecule has 4 amide bonds. The van der Waals surface area contributed by atoms with E-state index in [-0.39, 0.29) is 25.8 Å². The molecule has 0 saturated carbocycles. The molecule has 0 spiro atoms. The average molecular weight is 476 g/mol. The second-order valence-electron chi connectivity index (χ2n) is 7.66. The Morgan fingerprint density at radius 2 is 1.30 bits per heavy atom. The molecule has 1 saturated heterocycles. The lowest BCUT2D eigenvalue weighted by atomic mass is 9.77. The zero-order chi connectivity index (χ0) is 25.5. The summed E-state index contributed by atoms with van der Waals surface area (Å²) in [5.74, 6) is -4.27. The zero-order valence-electron chi connectivity index (χ0n) is 19.1. The molecule has 4 atom stereocenters. The van der Waals surface area contributed by atoms with Crippen molar-refractivity contribution in [1.82, 2.24) is 9.80 Å². The number of hydrogen-bond donors (Lipinski definition) is 4. The minimum absolute atomic E-state index is 0.0758. The number of urea groups is 1. The van der Waals surface area contributed by atoms with Crippen LogP contribution in [0.1, 0.15) is 40.0 Å². The van der Waals surface area contributed by atoms with E-state index >= 15 is 0 Å². The first-order chi connectivity index (χ1) is 15.4. The van der Waals surface area contributed by atoms with Gasteiger partial charge in [0.25, 0.3) is 0 Å². The van der Waals surface area contributed by atoms with Gasteiger partial charge >= 0.3 is 18.0 Å². The number of nitrogens with zero attached hydrogens (tertiary/aromatic N) is 2. The Labute approximate surface area is 190 Å². The van der Waals surface area contributed by atoms with Gasteiger partial charge < -0.3 is 29.9 Å². The lowest BCUT2D eigenvalue weighted by molar-refractivity contribution is -0.173. The first kappa shape index (κ1) is 28.4. The van der Waals surface area contributed by atoms with Crippen LogP contribution in [0.25, 0.3) is 0 Å². The van der Waals surface area contributed by atoms with Gasteiger partial charge in [0.2, 0.25) is 11.8 Å².